The second-order valence-corrected chi connectivity index (χ2v) is 6.32. The fraction of sp³-hybridized carbons (Fsp3) is 0.316. The van der Waals surface area contributed by atoms with Crippen LogP contribution in [0.5, 0.6) is 0 Å². The van der Waals surface area contributed by atoms with Crippen molar-refractivity contribution in [2.45, 2.75) is 25.8 Å². The minimum absolute atomic E-state index is 0. The molecule has 1 aliphatic rings. The predicted octanol–water partition coefficient (Wildman–Crippen LogP) is 3.50. The molecule has 3 N–H and O–H groups in total. The average molecular weight is 411 g/mol. The number of benzene rings is 1. The number of piperidine rings is 1. The number of carbonyl (C=O) groups is 2. The van der Waals surface area contributed by atoms with Gasteiger partial charge in [0.2, 0.25) is 5.91 Å². The lowest BCUT2D eigenvalue weighted by molar-refractivity contribution is -0.120. The number of nitrogens with zero attached hydrogens (tertiary/aromatic N) is 1. The highest BCUT2D eigenvalue weighted by Gasteiger charge is 2.24. The molecule has 0 bridgehead atoms. The van der Waals surface area contributed by atoms with Gasteiger partial charge >= 0.3 is 0 Å². The molecule has 146 valence electrons. The van der Waals surface area contributed by atoms with Crippen molar-refractivity contribution in [1.82, 2.24) is 10.3 Å². The summed E-state index contributed by atoms with van der Waals surface area (Å²) in [6, 6.07) is 12.6. The molecule has 6 nitrogen and oxygen atoms in total. The zero-order valence-corrected chi connectivity index (χ0v) is 16.6. The van der Waals surface area contributed by atoms with Crippen LogP contribution in [0.2, 0.25) is 0 Å². The third-order valence-electron chi connectivity index (χ3n) is 4.29. The lowest BCUT2D eigenvalue weighted by Gasteiger charge is -2.27. The molecule has 3 rings (SSSR count). The predicted molar refractivity (Wildman–Crippen MR) is 112 cm³/mol. The van der Waals surface area contributed by atoms with Gasteiger partial charge in [-0.3, -0.25) is 9.59 Å². The molecule has 1 fully saturated rings. The van der Waals surface area contributed by atoms with Gasteiger partial charge in [0.25, 0.3) is 5.91 Å². The molecule has 2 atom stereocenters. The first kappa shape index (κ1) is 22.9. The summed E-state index contributed by atoms with van der Waals surface area (Å²) in [6.45, 7) is 2.94. The summed E-state index contributed by atoms with van der Waals surface area (Å²) in [5.74, 6) is 0.244. The van der Waals surface area contributed by atoms with Gasteiger partial charge in [-0.05, 0) is 56.6 Å². The van der Waals surface area contributed by atoms with Crippen molar-refractivity contribution in [2.75, 3.05) is 17.2 Å². The third kappa shape index (κ3) is 6.50. The van der Waals surface area contributed by atoms with E-state index in [-0.39, 0.29) is 42.5 Å². The minimum Gasteiger partial charge on any atom is -0.326 e. The monoisotopic (exact) mass is 410 g/mol. The summed E-state index contributed by atoms with van der Waals surface area (Å²) in [5, 5.41) is 9.00. The fourth-order valence-corrected chi connectivity index (χ4v) is 2.98. The molecule has 0 spiro atoms. The molecule has 0 radical (unpaired) electrons. The van der Waals surface area contributed by atoms with E-state index in [2.05, 4.69) is 27.9 Å². The van der Waals surface area contributed by atoms with Crippen molar-refractivity contribution >= 4 is 48.1 Å². The standard InChI is InChI=1S/C19H22N4O2.2ClH/c1-13-11-15(8-10-20-13)18(24)22-16-6-4-5-14(12-16)19(25)23-17-7-2-3-9-21-17;;/h2-7,9,12-13,15,20H,8,10-11H2,1H3,(H,22,24)(H,21,23,25);2*1H/t13-,15-;;/m0../s1. The zero-order valence-electron chi connectivity index (χ0n) is 15.0. The molecule has 1 aliphatic heterocycles. The van der Waals surface area contributed by atoms with E-state index in [1.54, 1.807) is 48.7 Å². The number of pyridine rings is 1. The summed E-state index contributed by atoms with van der Waals surface area (Å²) >= 11 is 0. The summed E-state index contributed by atoms with van der Waals surface area (Å²) in [7, 11) is 0. The molecule has 1 aromatic carbocycles. The molecule has 0 unspecified atom stereocenters. The van der Waals surface area contributed by atoms with Crippen LogP contribution in [0.25, 0.3) is 0 Å². The Morgan fingerprint density at radius 2 is 1.93 bits per heavy atom. The summed E-state index contributed by atoms with van der Waals surface area (Å²) in [5.41, 5.74) is 1.10. The van der Waals surface area contributed by atoms with E-state index in [0.717, 1.165) is 19.4 Å². The van der Waals surface area contributed by atoms with Gasteiger partial charge in [0.15, 0.2) is 0 Å². The summed E-state index contributed by atoms with van der Waals surface area (Å²) < 4.78 is 0. The summed E-state index contributed by atoms with van der Waals surface area (Å²) in [6.07, 6.45) is 3.27. The normalized spacial score (nSPS) is 18.4. The largest absolute Gasteiger partial charge is 0.326 e. The van der Waals surface area contributed by atoms with Crippen molar-refractivity contribution in [3.05, 3.63) is 54.2 Å². The molecule has 0 saturated carbocycles. The number of anilines is 2. The van der Waals surface area contributed by atoms with Crippen LogP contribution >= 0.6 is 24.8 Å². The Morgan fingerprint density at radius 1 is 1.11 bits per heavy atom. The van der Waals surface area contributed by atoms with Gasteiger partial charge < -0.3 is 16.0 Å². The van der Waals surface area contributed by atoms with Crippen molar-refractivity contribution in [2.24, 2.45) is 5.92 Å². The molecule has 2 heterocycles. The Hall–Kier alpha value is -2.15. The Morgan fingerprint density at radius 3 is 2.63 bits per heavy atom. The first-order valence-electron chi connectivity index (χ1n) is 8.48. The molecule has 1 aromatic heterocycles. The van der Waals surface area contributed by atoms with Gasteiger partial charge in [-0.25, -0.2) is 4.98 Å². The van der Waals surface area contributed by atoms with E-state index in [4.69, 9.17) is 0 Å². The molecule has 1 saturated heterocycles. The van der Waals surface area contributed by atoms with Crippen LogP contribution in [0.15, 0.2) is 48.7 Å². The number of rotatable bonds is 4. The van der Waals surface area contributed by atoms with Gasteiger partial charge in [-0.15, -0.1) is 24.8 Å². The van der Waals surface area contributed by atoms with Gasteiger partial charge in [-0.1, -0.05) is 12.1 Å². The van der Waals surface area contributed by atoms with Crippen molar-refractivity contribution in [3.8, 4) is 0 Å². The summed E-state index contributed by atoms with van der Waals surface area (Å²) in [4.78, 5) is 28.8. The number of hydrogen-bond acceptors (Lipinski definition) is 4. The first-order valence-corrected chi connectivity index (χ1v) is 8.48. The highest BCUT2D eigenvalue weighted by molar-refractivity contribution is 6.05. The maximum Gasteiger partial charge on any atom is 0.256 e. The quantitative estimate of drug-likeness (QED) is 0.719. The Kier molecular flexibility index (Phi) is 9.21. The van der Waals surface area contributed by atoms with Crippen molar-refractivity contribution in [3.63, 3.8) is 0 Å². The zero-order chi connectivity index (χ0) is 17.6. The van der Waals surface area contributed by atoms with E-state index in [0.29, 0.717) is 23.1 Å². The van der Waals surface area contributed by atoms with Gasteiger partial charge in [0.1, 0.15) is 5.82 Å². The second-order valence-electron chi connectivity index (χ2n) is 6.32. The van der Waals surface area contributed by atoms with Gasteiger partial charge in [-0.2, -0.15) is 0 Å². The maximum atomic E-state index is 12.4. The third-order valence-corrected chi connectivity index (χ3v) is 4.29. The number of nitrogens with one attached hydrogen (secondary N) is 3. The van der Waals surface area contributed by atoms with E-state index in [9.17, 15) is 9.59 Å². The fourth-order valence-electron chi connectivity index (χ4n) is 2.98. The van der Waals surface area contributed by atoms with E-state index < -0.39 is 0 Å². The van der Waals surface area contributed by atoms with Gasteiger partial charge in [0.05, 0.1) is 0 Å². The highest BCUT2D eigenvalue weighted by atomic mass is 35.5. The van der Waals surface area contributed by atoms with Crippen LogP contribution in [0.1, 0.15) is 30.1 Å². The molecule has 2 aromatic rings. The number of carbonyl (C=O) groups excluding carboxylic acids is 2. The van der Waals surface area contributed by atoms with Crippen molar-refractivity contribution < 1.29 is 9.59 Å². The molecule has 8 heteroatoms. The molecular weight excluding hydrogens is 387 g/mol. The Bertz CT molecular complexity index is 758. The van der Waals surface area contributed by atoms with Crippen molar-refractivity contribution in [1.29, 1.82) is 0 Å². The Balaban J connectivity index is 0.00000182. The number of aromatic nitrogens is 1. The van der Waals surface area contributed by atoms with E-state index in [1.807, 2.05) is 0 Å². The minimum atomic E-state index is -0.259. The molecular formula is C19H24Cl2N4O2. The number of halogens is 2. The van der Waals surface area contributed by atoms with E-state index in [1.165, 1.54) is 0 Å². The van der Waals surface area contributed by atoms with E-state index >= 15 is 0 Å². The molecule has 2 amide bonds. The number of amides is 2. The lowest BCUT2D eigenvalue weighted by atomic mass is 9.92. The highest BCUT2D eigenvalue weighted by Crippen LogP contribution is 2.19. The first-order chi connectivity index (χ1) is 12.1. The van der Waals surface area contributed by atoms with Crippen LogP contribution in [-0.4, -0.2) is 29.4 Å². The van der Waals surface area contributed by atoms with Gasteiger partial charge in [0, 0.05) is 29.4 Å². The molecule has 27 heavy (non-hydrogen) atoms. The van der Waals surface area contributed by atoms with Crippen LogP contribution in [0, 0.1) is 5.92 Å². The Labute approximate surface area is 171 Å². The molecule has 0 aliphatic carbocycles. The SMILES string of the molecule is C[C@H]1C[C@@H](C(=O)Nc2cccc(C(=O)Nc3ccccn3)c2)CCN1.Cl.Cl. The smallest absolute Gasteiger partial charge is 0.256 e. The average Bonchev–Trinajstić information content (AvgIpc) is 2.63. The number of hydrogen-bond donors (Lipinski definition) is 3. The lowest BCUT2D eigenvalue weighted by Crippen LogP contribution is -2.40. The second kappa shape index (κ2) is 10.9. The van der Waals surface area contributed by atoms with Crippen LogP contribution in [-0.2, 0) is 4.79 Å². The van der Waals surface area contributed by atoms with Crippen LogP contribution in [0.4, 0.5) is 11.5 Å². The van der Waals surface area contributed by atoms with Crippen LogP contribution < -0.4 is 16.0 Å². The maximum absolute atomic E-state index is 12.4. The van der Waals surface area contributed by atoms with Crippen LogP contribution in [0.3, 0.4) is 0 Å². The topological polar surface area (TPSA) is 83.1 Å².